The number of aromatic carboxylic acids is 1. The molecule has 2 amide bonds. The predicted octanol–water partition coefficient (Wildman–Crippen LogP) is 2.49. The fourth-order valence-corrected chi connectivity index (χ4v) is 3.30. The molecule has 2 aromatic carbocycles. The largest absolute Gasteiger partial charge is 0.478 e. The van der Waals surface area contributed by atoms with Crippen LogP contribution in [0.25, 0.3) is 0 Å². The van der Waals surface area contributed by atoms with E-state index in [9.17, 15) is 23.9 Å². The zero-order valence-electron chi connectivity index (χ0n) is 15.2. The fraction of sp³-hybridized carbons (Fsp3) is 0.286. The second kappa shape index (κ2) is 8.65. The minimum absolute atomic E-state index is 0.0368. The number of rotatable bonds is 5. The third kappa shape index (κ3) is 4.73. The maximum atomic E-state index is 13.0. The number of carboxylic acids is 1. The van der Waals surface area contributed by atoms with Crippen LogP contribution in [0.5, 0.6) is 0 Å². The van der Waals surface area contributed by atoms with Gasteiger partial charge in [-0.1, -0.05) is 18.2 Å². The molecule has 28 heavy (non-hydrogen) atoms. The van der Waals surface area contributed by atoms with E-state index in [1.807, 2.05) is 0 Å². The van der Waals surface area contributed by atoms with Crippen LogP contribution < -0.4 is 5.32 Å². The van der Waals surface area contributed by atoms with Gasteiger partial charge in [0.1, 0.15) is 5.82 Å². The van der Waals surface area contributed by atoms with Crippen LogP contribution in [0.3, 0.4) is 0 Å². The van der Waals surface area contributed by atoms with Gasteiger partial charge in [0, 0.05) is 24.7 Å². The second-order valence-electron chi connectivity index (χ2n) is 6.77. The van der Waals surface area contributed by atoms with E-state index >= 15 is 0 Å². The van der Waals surface area contributed by atoms with Crippen LogP contribution in [0.1, 0.15) is 39.1 Å². The van der Waals surface area contributed by atoms with Crippen molar-refractivity contribution in [1.29, 1.82) is 0 Å². The lowest BCUT2D eigenvalue weighted by Crippen LogP contribution is -2.47. The van der Waals surface area contributed by atoms with Crippen molar-refractivity contribution >= 4 is 17.8 Å². The normalized spacial score (nSPS) is 14.5. The van der Waals surface area contributed by atoms with E-state index in [1.54, 1.807) is 23.1 Å². The summed E-state index contributed by atoms with van der Waals surface area (Å²) in [5.41, 5.74) is 1.02. The summed E-state index contributed by atoms with van der Waals surface area (Å²) in [5.74, 6) is -1.84. The summed E-state index contributed by atoms with van der Waals surface area (Å²) in [6.07, 6.45) is 1.26. The van der Waals surface area contributed by atoms with Crippen LogP contribution in [-0.4, -0.2) is 46.9 Å². The lowest BCUT2D eigenvalue weighted by atomic mass is 10.0. The zero-order valence-corrected chi connectivity index (χ0v) is 15.2. The Kier molecular flexibility index (Phi) is 6.03. The number of piperidine rings is 1. The van der Waals surface area contributed by atoms with Crippen LogP contribution in [0.15, 0.2) is 48.5 Å². The molecule has 1 aliphatic heterocycles. The first-order chi connectivity index (χ1) is 13.4. The summed E-state index contributed by atoms with van der Waals surface area (Å²) < 4.78 is 13.0. The van der Waals surface area contributed by atoms with Gasteiger partial charge in [-0.15, -0.1) is 0 Å². The first kappa shape index (κ1) is 19.5. The van der Waals surface area contributed by atoms with Crippen LogP contribution in [-0.2, 0) is 11.2 Å². The van der Waals surface area contributed by atoms with Gasteiger partial charge in [0.2, 0.25) is 5.91 Å². The fourth-order valence-electron chi connectivity index (χ4n) is 3.30. The molecular formula is C21H21FN2O4. The average molecular weight is 384 g/mol. The number of benzene rings is 2. The Morgan fingerprint density at radius 2 is 1.68 bits per heavy atom. The van der Waals surface area contributed by atoms with Crippen molar-refractivity contribution < 1.29 is 23.9 Å². The maximum Gasteiger partial charge on any atom is 0.335 e. The van der Waals surface area contributed by atoms with Crippen molar-refractivity contribution in [2.75, 3.05) is 13.1 Å². The molecule has 6 nitrogen and oxygen atoms in total. The SMILES string of the molecule is O=C(NC1CCN(C(=O)Cc2ccccc2C(=O)O)CC1)c1ccc(F)cc1. The molecule has 0 radical (unpaired) electrons. The Balaban J connectivity index is 1.52. The summed E-state index contributed by atoms with van der Waals surface area (Å²) in [6, 6.07) is 11.8. The van der Waals surface area contributed by atoms with Crippen molar-refractivity contribution in [2.45, 2.75) is 25.3 Å². The number of halogens is 1. The third-order valence-corrected chi connectivity index (χ3v) is 4.88. The molecule has 1 heterocycles. The number of amides is 2. The Morgan fingerprint density at radius 3 is 2.32 bits per heavy atom. The molecule has 7 heteroatoms. The molecule has 2 aromatic rings. The highest BCUT2D eigenvalue weighted by atomic mass is 19.1. The average Bonchev–Trinajstić information content (AvgIpc) is 2.69. The summed E-state index contributed by atoms with van der Waals surface area (Å²) in [6.45, 7) is 0.977. The van der Waals surface area contributed by atoms with Crippen LogP contribution >= 0.6 is 0 Å². The van der Waals surface area contributed by atoms with E-state index in [0.29, 0.717) is 37.1 Å². The van der Waals surface area contributed by atoms with Crippen molar-refractivity contribution in [1.82, 2.24) is 10.2 Å². The molecule has 3 rings (SSSR count). The highest BCUT2D eigenvalue weighted by Crippen LogP contribution is 2.15. The van der Waals surface area contributed by atoms with E-state index in [2.05, 4.69) is 5.32 Å². The maximum absolute atomic E-state index is 13.0. The first-order valence-corrected chi connectivity index (χ1v) is 9.09. The number of hydrogen-bond donors (Lipinski definition) is 2. The van der Waals surface area contributed by atoms with Gasteiger partial charge in [-0.2, -0.15) is 0 Å². The van der Waals surface area contributed by atoms with Crippen molar-refractivity contribution in [3.63, 3.8) is 0 Å². The molecule has 0 atom stereocenters. The van der Waals surface area contributed by atoms with Gasteiger partial charge >= 0.3 is 5.97 Å². The zero-order chi connectivity index (χ0) is 20.1. The first-order valence-electron chi connectivity index (χ1n) is 9.09. The van der Waals surface area contributed by atoms with Gasteiger partial charge in [0.05, 0.1) is 12.0 Å². The predicted molar refractivity (Wildman–Crippen MR) is 101 cm³/mol. The Labute approximate surface area is 162 Å². The minimum Gasteiger partial charge on any atom is -0.478 e. The number of hydrogen-bond acceptors (Lipinski definition) is 3. The molecule has 0 aromatic heterocycles. The molecular weight excluding hydrogens is 363 g/mol. The number of carbonyl (C=O) groups is 3. The van der Waals surface area contributed by atoms with Gasteiger partial charge in [-0.25, -0.2) is 9.18 Å². The molecule has 0 saturated carbocycles. The molecule has 0 aliphatic carbocycles. The van der Waals surface area contributed by atoms with Gasteiger partial charge in [0.15, 0.2) is 0 Å². The van der Waals surface area contributed by atoms with Gasteiger partial charge in [-0.05, 0) is 48.7 Å². The lowest BCUT2D eigenvalue weighted by Gasteiger charge is -2.32. The van der Waals surface area contributed by atoms with Crippen LogP contribution in [0, 0.1) is 5.82 Å². The van der Waals surface area contributed by atoms with Gasteiger partial charge < -0.3 is 15.3 Å². The summed E-state index contributed by atoms with van der Waals surface area (Å²) >= 11 is 0. The molecule has 0 bridgehead atoms. The van der Waals surface area contributed by atoms with Gasteiger partial charge in [0.25, 0.3) is 5.91 Å². The monoisotopic (exact) mass is 384 g/mol. The molecule has 0 unspecified atom stereocenters. The number of nitrogens with zero attached hydrogens (tertiary/aromatic N) is 1. The number of likely N-dealkylation sites (tertiary alicyclic amines) is 1. The highest BCUT2D eigenvalue weighted by Gasteiger charge is 2.25. The quantitative estimate of drug-likeness (QED) is 0.829. The summed E-state index contributed by atoms with van der Waals surface area (Å²) in [4.78, 5) is 37.7. The molecule has 1 aliphatic rings. The number of nitrogens with one attached hydrogen (secondary N) is 1. The smallest absolute Gasteiger partial charge is 0.335 e. The van der Waals surface area contributed by atoms with Crippen molar-refractivity contribution in [3.05, 3.63) is 71.0 Å². The Morgan fingerprint density at radius 1 is 1.04 bits per heavy atom. The Bertz CT molecular complexity index is 874. The second-order valence-corrected chi connectivity index (χ2v) is 6.77. The molecule has 146 valence electrons. The standard InChI is InChI=1S/C21H21FN2O4/c22-16-7-5-14(6-8-16)20(26)23-17-9-11-24(12-10-17)19(25)13-15-3-1-2-4-18(15)21(27)28/h1-8,17H,9-13H2,(H,23,26)(H,27,28). The topological polar surface area (TPSA) is 86.7 Å². The van der Waals surface area contributed by atoms with E-state index in [-0.39, 0.29) is 29.8 Å². The number of carboxylic acid groups (broad SMARTS) is 1. The van der Waals surface area contributed by atoms with E-state index in [4.69, 9.17) is 0 Å². The molecule has 1 fully saturated rings. The van der Waals surface area contributed by atoms with Crippen LogP contribution in [0.4, 0.5) is 4.39 Å². The van der Waals surface area contributed by atoms with Crippen molar-refractivity contribution in [3.8, 4) is 0 Å². The van der Waals surface area contributed by atoms with E-state index in [0.717, 1.165) is 0 Å². The molecule has 0 spiro atoms. The van der Waals surface area contributed by atoms with E-state index in [1.165, 1.54) is 30.3 Å². The van der Waals surface area contributed by atoms with Gasteiger partial charge in [-0.3, -0.25) is 9.59 Å². The number of carbonyl (C=O) groups excluding carboxylic acids is 2. The summed E-state index contributed by atoms with van der Waals surface area (Å²) in [7, 11) is 0. The van der Waals surface area contributed by atoms with Crippen LogP contribution in [0.2, 0.25) is 0 Å². The third-order valence-electron chi connectivity index (χ3n) is 4.88. The van der Waals surface area contributed by atoms with E-state index < -0.39 is 11.8 Å². The molecule has 2 N–H and O–H groups in total. The minimum atomic E-state index is -1.05. The highest BCUT2D eigenvalue weighted by molar-refractivity contribution is 5.94. The summed E-state index contributed by atoms with van der Waals surface area (Å²) in [5, 5.41) is 12.1. The van der Waals surface area contributed by atoms with Crippen molar-refractivity contribution in [2.24, 2.45) is 0 Å². The lowest BCUT2D eigenvalue weighted by molar-refractivity contribution is -0.131. The molecule has 1 saturated heterocycles. The Hall–Kier alpha value is -3.22.